The van der Waals surface area contributed by atoms with E-state index >= 15 is 0 Å². The maximum atomic E-state index is 10.8. The van der Waals surface area contributed by atoms with Crippen molar-refractivity contribution in [3.8, 4) is 6.07 Å². The summed E-state index contributed by atoms with van der Waals surface area (Å²) in [7, 11) is 0. The fourth-order valence-electron chi connectivity index (χ4n) is 1.36. The Bertz CT molecular complexity index is 605. The summed E-state index contributed by atoms with van der Waals surface area (Å²) >= 11 is 0. The van der Waals surface area contributed by atoms with Crippen molar-refractivity contribution in [3.63, 3.8) is 0 Å². The third-order valence-electron chi connectivity index (χ3n) is 2.17. The van der Waals surface area contributed by atoms with E-state index in [0.29, 0.717) is 16.3 Å². The number of carbonyl (C=O) groups is 1. The van der Waals surface area contributed by atoms with E-state index in [4.69, 9.17) is 5.26 Å². The van der Waals surface area contributed by atoms with Crippen LogP contribution in [0.1, 0.15) is 12.5 Å². The number of aliphatic carboxylic acids is 1. The van der Waals surface area contributed by atoms with Gasteiger partial charge in [-0.1, -0.05) is 0 Å². The van der Waals surface area contributed by atoms with Gasteiger partial charge in [-0.25, -0.2) is 9.98 Å². The average Bonchev–Trinajstić information content (AvgIpc) is 2.54. The van der Waals surface area contributed by atoms with Crippen LogP contribution in [-0.2, 0) is 4.79 Å². The van der Waals surface area contributed by atoms with Gasteiger partial charge in [-0.05, 0) is 25.1 Å². The van der Waals surface area contributed by atoms with Crippen molar-refractivity contribution >= 4 is 5.97 Å². The van der Waals surface area contributed by atoms with Crippen LogP contribution < -0.4 is 34.7 Å². The summed E-state index contributed by atoms with van der Waals surface area (Å²) in [6.07, 6.45) is 0. The Hall–Kier alpha value is -1.62. The van der Waals surface area contributed by atoms with Crippen molar-refractivity contribution in [1.82, 2.24) is 0 Å². The molecule has 0 aromatic heterocycles. The van der Waals surface area contributed by atoms with Crippen molar-refractivity contribution in [2.45, 2.75) is 12.6 Å². The van der Waals surface area contributed by atoms with E-state index in [2.05, 4.69) is 9.98 Å². The molecule has 1 atom stereocenters. The largest absolute Gasteiger partial charge is 1.00 e. The zero-order valence-electron chi connectivity index (χ0n) is 8.89. The zero-order valence-corrected chi connectivity index (χ0v) is 8.89. The van der Waals surface area contributed by atoms with Gasteiger partial charge in [0.15, 0.2) is 5.66 Å². The topological polar surface area (TPSA) is 88.6 Å². The van der Waals surface area contributed by atoms with Gasteiger partial charge in [-0.3, -0.25) is 0 Å². The molecule has 16 heavy (non-hydrogen) atoms. The van der Waals surface area contributed by atoms with Gasteiger partial charge in [-0.2, -0.15) is 5.26 Å². The number of carbonyl (C=O) groups excluding carboxylic acids is 1. The van der Waals surface area contributed by atoms with E-state index < -0.39 is 11.6 Å². The summed E-state index contributed by atoms with van der Waals surface area (Å²) in [5.74, 6) is -1.35. The summed E-state index contributed by atoms with van der Waals surface area (Å²) in [6.45, 7) is 1.36. The number of rotatable bonds is 1. The number of carboxylic acid groups (broad SMARTS) is 1. The van der Waals surface area contributed by atoms with Crippen LogP contribution in [0.4, 0.5) is 0 Å². The molecule has 2 rings (SSSR count). The number of fused-ring (bicyclic) bond motifs is 1. The molecule has 1 aromatic rings. The molecular formula is C10H6LiN3O2. The fourth-order valence-corrected chi connectivity index (χ4v) is 1.36. The van der Waals surface area contributed by atoms with Crippen molar-refractivity contribution in [2.75, 3.05) is 0 Å². The van der Waals surface area contributed by atoms with Gasteiger partial charge in [0.1, 0.15) is 0 Å². The van der Waals surface area contributed by atoms with Crippen molar-refractivity contribution < 1.29 is 28.8 Å². The van der Waals surface area contributed by atoms with Gasteiger partial charge < -0.3 is 9.90 Å². The van der Waals surface area contributed by atoms with Crippen LogP contribution in [0.15, 0.2) is 28.2 Å². The maximum absolute atomic E-state index is 10.8. The van der Waals surface area contributed by atoms with E-state index in [1.165, 1.54) is 13.0 Å². The molecule has 1 aliphatic heterocycles. The van der Waals surface area contributed by atoms with Crippen LogP contribution in [0.2, 0.25) is 0 Å². The minimum atomic E-state index is -1.56. The summed E-state index contributed by atoms with van der Waals surface area (Å²) < 4.78 is 0. The number of hydrogen-bond donors (Lipinski definition) is 0. The number of nitrogens with zero attached hydrogens (tertiary/aromatic N) is 3. The Morgan fingerprint density at radius 1 is 1.44 bits per heavy atom. The molecule has 74 valence electrons. The van der Waals surface area contributed by atoms with Crippen LogP contribution >= 0.6 is 0 Å². The van der Waals surface area contributed by atoms with Gasteiger partial charge in [0, 0.05) is 0 Å². The monoisotopic (exact) mass is 207 g/mol. The fraction of sp³-hybridized carbons (Fsp3) is 0.200. The van der Waals surface area contributed by atoms with Crippen LogP contribution in [-0.4, -0.2) is 11.6 Å². The van der Waals surface area contributed by atoms with Crippen LogP contribution in [0.3, 0.4) is 0 Å². The van der Waals surface area contributed by atoms with E-state index in [1.54, 1.807) is 12.1 Å². The summed E-state index contributed by atoms with van der Waals surface area (Å²) in [5.41, 5.74) is -1.13. The van der Waals surface area contributed by atoms with Gasteiger partial charge in [0.25, 0.3) is 0 Å². The number of benzene rings is 1. The normalized spacial score (nSPS) is 20.8. The zero-order chi connectivity index (χ0) is 11.1. The van der Waals surface area contributed by atoms with Gasteiger partial charge >= 0.3 is 18.9 Å². The Kier molecular flexibility index (Phi) is 3.18. The molecular weight excluding hydrogens is 201 g/mol. The molecule has 0 saturated carbocycles. The predicted molar refractivity (Wildman–Crippen MR) is 46.9 cm³/mol. The first-order valence-corrected chi connectivity index (χ1v) is 4.26. The molecule has 0 amide bonds. The third kappa shape index (κ3) is 1.86. The first kappa shape index (κ1) is 12.4. The second kappa shape index (κ2) is 4.09. The molecule has 0 bridgehead atoms. The van der Waals surface area contributed by atoms with Crippen LogP contribution in [0.5, 0.6) is 0 Å². The Labute approximate surface area is 103 Å². The predicted octanol–water partition coefficient (Wildman–Crippen LogP) is -4.72. The number of nitriles is 1. The number of hydrogen-bond acceptors (Lipinski definition) is 5. The molecule has 0 spiro atoms. The summed E-state index contributed by atoms with van der Waals surface area (Å²) in [4.78, 5) is 18.6. The van der Waals surface area contributed by atoms with E-state index in [-0.39, 0.29) is 18.9 Å². The molecule has 1 aliphatic rings. The van der Waals surface area contributed by atoms with Crippen LogP contribution in [0, 0.1) is 11.3 Å². The molecule has 1 aromatic carbocycles. The van der Waals surface area contributed by atoms with Crippen molar-refractivity contribution in [1.29, 1.82) is 5.26 Å². The second-order valence-corrected chi connectivity index (χ2v) is 3.35. The molecule has 0 fully saturated rings. The molecule has 0 radical (unpaired) electrons. The maximum Gasteiger partial charge on any atom is 1.00 e. The van der Waals surface area contributed by atoms with Gasteiger partial charge in [0.05, 0.1) is 28.3 Å². The smallest absolute Gasteiger partial charge is 0.545 e. The Balaban J connectivity index is 0.00000128. The first-order chi connectivity index (χ1) is 7.05. The first-order valence-electron chi connectivity index (χ1n) is 4.26. The summed E-state index contributed by atoms with van der Waals surface area (Å²) in [5, 5.41) is 20.3. The third-order valence-corrected chi connectivity index (χ3v) is 2.17. The van der Waals surface area contributed by atoms with Crippen molar-refractivity contribution in [2.24, 2.45) is 9.98 Å². The van der Waals surface area contributed by atoms with E-state index in [9.17, 15) is 9.90 Å². The SMILES string of the molecule is CC1(C(=O)[O-])N=c2ccc(C#N)cc2=N1.[Li+]. The van der Waals surface area contributed by atoms with Gasteiger partial charge in [-0.15, -0.1) is 0 Å². The average molecular weight is 207 g/mol. The van der Waals surface area contributed by atoms with Gasteiger partial charge in [0.2, 0.25) is 0 Å². The molecule has 6 heteroatoms. The van der Waals surface area contributed by atoms with Crippen LogP contribution in [0.25, 0.3) is 0 Å². The molecule has 1 heterocycles. The molecule has 0 saturated heterocycles. The molecule has 0 N–H and O–H groups in total. The van der Waals surface area contributed by atoms with E-state index in [1.807, 2.05) is 6.07 Å². The van der Waals surface area contributed by atoms with Crippen molar-refractivity contribution in [3.05, 3.63) is 34.5 Å². The molecule has 1 unspecified atom stereocenters. The Morgan fingerprint density at radius 3 is 2.62 bits per heavy atom. The molecule has 5 nitrogen and oxygen atoms in total. The standard InChI is InChI=1S/C10H7N3O2.Li/c1-10(9(14)15)12-7-3-2-6(5-11)4-8(7)13-10;/h2-4H,1H3,(H,14,15);/q;+1/p-1. The quantitative estimate of drug-likeness (QED) is 0.433. The minimum absolute atomic E-state index is 0. The second-order valence-electron chi connectivity index (χ2n) is 3.35. The number of carboxylic acids is 1. The minimum Gasteiger partial charge on any atom is -0.545 e. The van der Waals surface area contributed by atoms with E-state index in [0.717, 1.165) is 0 Å². The Morgan fingerprint density at radius 2 is 2.06 bits per heavy atom. The molecule has 0 aliphatic carbocycles. The summed E-state index contributed by atoms with van der Waals surface area (Å²) in [6, 6.07) is 6.60.